The number of hydrogen-bond donors (Lipinski definition) is 2. The topological polar surface area (TPSA) is 52.6 Å². The average Bonchev–Trinajstić information content (AvgIpc) is 2.41. The molecule has 2 amide bonds. The maximum atomic E-state index is 12.7. The van der Waals surface area contributed by atoms with Gasteiger partial charge in [0, 0.05) is 25.4 Å². The molecular weight excluding hydrogens is 288 g/mol. The molecular formula is C19H32N2O2. The minimum absolute atomic E-state index is 0.0103. The predicted octanol–water partition coefficient (Wildman–Crippen LogP) is 4.25. The third-order valence-electron chi connectivity index (χ3n) is 3.52. The SMILES string of the molecule is CC(C)(C)CN(CCCO)C(=O)Nc1ccccc1C(C)(C)C. The molecule has 0 aliphatic rings. The molecule has 0 spiro atoms. The summed E-state index contributed by atoms with van der Waals surface area (Å²) in [5.74, 6) is 0. The third kappa shape index (κ3) is 6.61. The van der Waals surface area contributed by atoms with E-state index in [0.717, 1.165) is 11.3 Å². The fourth-order valence-electron chi connectivity index (χ4n) is 2.53. The van der Waals surface area contributed by atoms with E-state index in [9.17, 15) is 4.79 Å². The van der Waals surface area contributed by atoms with Crippen LogP contribution in [-0.4, -0.2) is 35.7 Å². The van der Waals surface area contributed by atoms with Crippen molar-refractivity contribution in [3.05, 3.63) is 29.8 Å². The first kappa shape index (κ1) is 19.5. The molecule has 0 aliphatic heterocycles. The average molecular weight is 320 g/mol. The van der Waals surface area contributed by atoms with Gasteiger partial charge in [-0.05, 0) is 28.9 Å². The number of para-hydroxylation sites is 1. The van der Waals surface area contributed by atoms with Crippen molar-refractivity contribution in [2.75, 3.05) is 25.0 Å². The van der Waals surface area contributed by atoms with Crippen LogP contribution in [0.5, 0.6) is 0 Å². The summed E-state index contributed by atoms with van der Waals surface area (Å²) in [6, 6.07) is 7.82. The van der Waals surface area contributed by atoms with Crippen molar-refractivity contribution in [2.45, 2.75) is 53.4 Å². The molecule has 1 aromatic carbocycles. The number of carbonyl (C=O) groups excluding carboxylic acids is 1. The molecule has 23 heavy (non-hydrogen) atoms. The van der Waals surface area contributed by atoms with Crippen molar-refractivity contribution in [2.24, 2.45) is 5.41 Å². The van der Waals surface area contributed by atoms with Gasteiger partial charge in [0.25, 0.3) is 0 Å². The first-order valence-electron chi connectivity index (χ1n) is 8.31. The predicted molar refractivity (Wildman–Crippen MR) is 96.9 cm³/mol. The fraction of sp³-hybridized carbons (Fsp3) is 0.632. The number of rotatable bonds is 5. The van der Waals surface area contributed by atoms with Crippen LogP contribution in [0.3, 0.4) is 0 Å². The molecule has 0 aromatic heterocycles. The quantitative estimate of drug-likeness (QED) is 0.852. The van der Waals surface area contributed by atoms with Crippen LogP contribution in [0.15, 0.2) is 24.3 Å². The lowest BCUT2D eigenvalue weighted by atomic mass is 9.86. The van der Waals surface area contributed by atoms with Crippen molar-refractivity contribution in [3.63, 3.8) is 0 Å². The van der Waals surface area contributed by atoms with Crippen molar-refractivity contribution in [1.82, 2.24) is 4.90 Å². The Balaban J connectivity index is 2.94. The van der Waals surface area contributed by atoms with Gasteiger partial charge in [-0.15, -0.1) is 0 Å². The van der Waals surface area contributed by atoms with E-state index in [0.29, 0.717) is 19.5 Å². The van der Waals surface area contributed by atoms with Gasteiger partial charge in [0.15, 0.2) is 0 Å². The Morgan fingerprint density at radius 3 is 2.26 bits per heavy atom. The number of benzene rings is 1. The molecule has 0 fully saturated rings. The van der Waals surface area contributed by atoms with E-state index >= 15 is 0 Å². The first-order chi connectivity index (χ1) is 10.5. The Morgan fingerprint density at radius 2 is 1.74 bits per heavy atom. The van der Waals surface area contributed by atoms with Gasteiger partial charge >= 0.3 is 6.03 Å². The van der Waals surface area contributed by atoms with Crippen molar-refractivity contribution in [3.8, 4) is 0 Å². The summed E-state index contributed by atoms with van der Waals surface area (Å²) < 4.78 is 0. The largest absolute Gasteiger partial charge is 0.396 e. The highest BCUT2D eigenvalue weighted by Crippen LogP contribution is 2.29. The van der Waals surface area contributed by atoms with Gasteiger partial charge in [0.2, 0.25) is 0 Å². The van der Waals surface area contributed by atoms with Gasteiger partial charge in [-0.25, -0.2) is 4.79 Å². The Morgan fingerprint density at radius 1 is 1.13 bits per heavy atom. The molecule has 130 valence electrons. The molecule has 0 unspecified atom stereocenters. The van der Waals surface area contributed by atoms with Crippen LogP contribution in [0.2, 0.25) is 0 Å². The molecule has 1 aromatic rings. The van der Waals surface area contributed by atoms with Gasteiger partial charge < -0.3 is 15.3 Å². The van der Waals surface area contributed by atoms with E-state index in [4.69, 9.17) is 5.11 Å². The Bertz CT molecular complexity index is 513. The Kier molecular flexibility index (Phi) is 6.63. The van der Waals surface area contributed by atoms with E-state index in [1.165, 1.54) is 0 Å². The van der Waals surface area contributed by atoms with Crippen LogP contribution in [0.1, 0.15) is 53.5 Å². The Hall–Kier alpha value is -1.55. The van der Waals surface area contributed by atoms with Crippen LogP contribution < -0.4 is 5.32 Å². The number of aliphatic hydroxyl groups is 1. The van der Waals surface area contributed by atoms with Crippen LogP contribution in [-0.2, 0) is 5.41 Å². The lowest BCUT2D eigenvalue weighted by molar-refractivity contribution is 0.176. The van der Waals surface area contributed by atoms with Gasteiger partial charge in [0.1, 0.15) is 0 Å². The number of nitrogens with one attached hydrogen (secondary N) is 1. The third-order valence-corrected chi connectivity index (χ3v) is 3.52. The summed E-state index contributed by atoms with van der Waals surface area (Å²) >= 11 is 0. The summed E-state index contributed by atoms with van der Waals surface area (Å²) in [5.41, 5.74) is 1.94. The van der Waals surface area contributed by atoms with Gasteiger partial charge in [-0.3, -0.25) is 0 Å². The zero-order chi connectivity index (χ0) is 17.7. The first-order valence-corrected chi connectivity index (χ1v) is 8.31. The van der Waals surface area contributed by atoms with Crippen molar-refractivity contribution < 1.29 is 9.90 Å². The van der Waals surface area contributed by atoms with E-state index in [2.05, 4.69) is 52.9 Å². The smallest absolute Gasteiger partial charge is 0.321 e. The number of urea groups is 1. The Labute approximate surface area is 140 Å². The molecule has 4 heteroatoms. The molecule has 0 aliphatic carbocycles. The lowest BCUT2D eigenvalue weighted by Gasteiger charge is -2.31. The second kappa shape index (κ2) is 7.82. The number of anilines is 1. The number of aliphatic hydroxyl groups excluding tert-OH is 1. The molecule has 1 rings (SSSR count). The van der Waals surface area contributed by atoms with Gasteiger partial charge in [-0.1, -0.05) is 59.7 Å². The van der Waals surface area contributed by atoms with Crippen molar-refractivity contribution in [1.29, 1.82) is 0 Å². The zero-order valence-corrected chi connectivity index (χ0v) is 15.4. The number of amides is 2. The molecule has 2 N–H and O–H groups in total. The maximum Gasteiger partial charge on any atom is 0.321 e. The minimum Gasteiger partial charge on any atom is -0.396 e. The van der Waals surface area contributed by atoms with E-state index in [1.54, 1.807) is 4.90 Å². The zero-order valence-electron chi connectivity index (χ0n) is 15.4. The second-order valence-corrected chi connectivity index (χ2v) is 8.29. The summed E-state index contributed by atoms with van der Waals surface area (Å²) in [4.78, 5) is 14.5. The van der Waals surface area contributed by atoms with Crippen LogP contribution in [0.25, 0.3) is 0 Å². The molecule has 4 nitrogen and oxygen atoms in total. The molecule has 0 heterocycles. The highest BCUT2D eigenvalue weighted by molar-refractivity contribution is 5.90. The van der Waals surface area contributed by atoms with E-state index in [-0.39, 0.29) is 23.5 Å². The summed E-state index contributed by atoms with van der Waals surface area (Å²) in [6.07, 6.45) is 0.588. The van der Waals surface area contributed by atoms with E-state index < -0.39 is 0 Å². The van der Waals surface area contributed by atoms with Crippen LogP contribution in [0.4, 0.5) is 10.5 Å². The molecule has 0 bridgehead atoms. The standard InChI is InChI=1S/C19H32N2O2/c1-18(2,3)14-21(12-9-13-22)17(23)20-16-11-8-7-10-15(16)19(4,5)6/h7-8,10-11,22H,9,12-14H2,1-6H3,(H,20,23). The maximum absolute atomic E-state index is 12.7. The monoisotopic (exact) mass is 320 g/mol. The summed E-state index contributed by atoms with van der Waals surface area (Å²) in [5, 5.41) is 12.1. The highest BCUT2D eigenvalue weighted by atomic mass is 16.3. The van der Waals surface area contributed by atoms with Crippen LogP contribution in [0, 0.1) is 5.41 Å². The van der Waals surface area contributed by atoms with Gasteiger partial charge in [0.05, 0.1) is 0 Å². The van der Waals surface area contributed by atoms with Crippen LogP contribution >= 0.6 is 0 Å². The highest BCUT2D eigenvalue weighted by Gasteiger charge is 2.23. The van der Waals surface area contributed by atoms with E-state index in [1.807, 2.05) is 18.2 Å². The number of hydrogen-bond acceptors (Lipinski definition) is 2. The van der Waals surface area contributed by atoms with Crippen molar-refractivity contribution >= 4 is 11.7 Å². The lowest BCUT2D eigenvalue weighted by Crippen LogP contribution is -2.41. The molecule has 0 atom stereocenters. The molecule has 0 saturated heterocycles. The van der Waals surface area contributed by atoms with Gasteiger partial charge in [-0.2, -0.15) is 0 Å². The minimum atomic E-state index is -0.106. The fourth-order valence-corrected chi connectivity index (χ4v) is 2.53. The second-order valence-electron chi connectivity index (χ2n) is 8.29. The molecule has 0 radical (unpaired) electrons. The normalized spacial score (nSPS) is 12.1. The summed E-state index contributed by atoms with van der Waals surface area (Å²) in [7, 11) is 0. The number of nitrogens with zero attached hydrogens (tertiary/aromatic N) is 1. The summed E-state index contributed by atoms with van der Waals surface area (Å²) in [6.45, 7) is 14.0. The number of carbonyl (C=O) groups is 1. The molecule has 0 saturated carbocycles.